The number of esters is 1. The van der Waals surface area contributed by atoms with E-state index in [0.717, 1.165) is 57.8 Å². The highest BCUT2D eigenvalue weighted by molar-refractivity contribution is 5.87. The standard InChI is InChI=1S/C42H72N2O7/c1-3-5-7-9-11-13-15-16-17-19-21-23-25-30-34-41(48)51-37(31-27-24-22-20-18-14-12-10-8-6-4-2)32-28-26-29-33-39(46)43-35-40(47)44-38(36-45)42(49)50/h6,8,12,14,20,22,27,31,37-38,45H,3-5,7,9-11,13,15-19,21,23-26,28-30,32-36H2,1-2H3,(H,43,46)(H,44,47)(H,49,50)/b8-6-,14-12-,22-20-,31-27-. The van der Waals surface area contributed by atoms with Crippen molar-refractivity contribution in [3.05, 3.63) is 48.6 Å². The average Bonchev–Trinajstić information content (AvgIpc) is 3.11. The molecule has 292 valence electrons. The minimum absolute atomic E-state index is 0.162. The van der Waals surface area contributed by atoms with Crippen LogP contribution in [0.4, 0.5) is 0 Å². The van der Waals surface area contributed by atoms with Crippen LogP contribution in [0, 0.1) is 0 Å². The van der Waals surface area contributed by atoms with E-state index in [2.05, 4.69) is 60.9 Å². The van der Waals surface area contributed by atoms with E-state index >= 15 is 0 Å². The molecule has 0 saturated carbocycles. The largest absolute Gasteiger partial charge is 0.480 e. The fraction of sp³-hybridized carbons (Fsp3) is 0.714. The van der Waals surface area contributed by atoms with E-state index in [1.165, 1.54) is 70.6 Å². The fourth-order valence-corrected chi connectivity index (χ4v) is 5.51. The predicted octanol–water partition coefficient (Wildman–Crippen LogP) is 9.20. The van der Waals surface area contributed by atoms with Gasteiger partial charge in [-0.3, -0.25) is 14.4 Å². The lowest BCUT2D eigenvalue weighted by Crippen LogP contribution is -2.47. The molecule has 4 N–H and O–H groups in total. The first-order chi connectivity index (χ1) is 24.8. The van der Waals surface area contributed by atoms with Crippen molar-refractivity contribution in [3.63, 3.8) is 0 Å². The number of aliphatic hydroxyl groups excluding tert-OH is 1. The van der Waals surface area contributed by atoms with E-state index in [1.807, 2.05) is 12.2 Å². The van der Waals surface area contributed by atoms with Gasteiger partial charge in [0.1, 0.15) is 12.1 Å². The summed E-state index contributed by atoms with van der Waals surface area (Å²) in [5, 5.41) is 22.5. The van der Waals surface area contributed by atoms with Crippen LogP contribution in [0.15, 0.2) is 48.6 Å². The van der Waals surface area contributed by atoms with Crippen LogP contribution in [0.3, 0.4) is 0 Å². The minimum atomic E-state index is -1.40. The van der Waals surface area contributed by atoms with Gasteiger partial charge in [0.25, 0.3) is 0 Å². The summed E-state index contributed by atoms with van der Waals surface area (Å²) in [5.41, 5.74) is 0. The SMILES string of the molecule is CC/C=C\C/C=C\C/C=C\C/C=C\C(CCCCCC(=O)NCC(=O)NC(CO)C(=O)O)OC(=O)CCCCCCCCCCCCCCCC. The number of amides is 2. The van der Waals surface area contributed by atoms with Crippen LogP contribution >= 0.6 is 0 Å². The van der Waals surface area contributed by atoms with Gasteiger partial charge in [-0.05, 0) is 57.4 Å². The smallest absolute Gasteiger partial charge is 0.328 e. The van der Waals surface area contributed by atoms with Crippen molar-refractivity contribution in [2.45, 2.75) is 180 Å². The lowest BCUT2D eigenvalue weighted by Gasteiger charge is -2.15. The number of hydrogen-bond donors (Lipinski definition) is 4. The van der Waals surface area contributed by atoms with Gasteiger partial charge in [0.15, 0.2) is 0 Å². The van der Waals surface area contributed by atoms with Crippen molar-refractivity contribution in [1.29, 1.82) is 0 Å². The first-order valence-electron chi connectivity index (χ1n) is 20.0. The number of rotatable bonds is 35. The van der Waals surface area contributed by atoms with E-state index in [1.54, 1.807) is 0 Å². The summed E-state index contributed by atoms with van der Waals surface area (Å²) in [6, 6.07) is -1.40. The maximum absolute atomic E-state index is 12.7. The van der Waals surface area contributed by atoms with Crippen LogP contribution in [-0.4, -0.2) is 59.3 Å². The number of carbonyl (C=O) groups is 4. The molecule has 0 rings (SSSR count). The number of allylic oxidation sites excluding steroid dienone is 7. The van der Waals surface area contributed by atoms with Gasteiger partial charge in [0.2, 0.25) is 11.8 Å². The molecule has 0 fully saturated rings. The molecule has 0 heterocycles. The second-order valence-electron chi connectivity index (χ2n) is 13.3. The second kappa shape index (κ2) is 36.6. The molecular weight excluding hydrogens is 644 g/mol. The van der Waals surface area contributed by atoms with Crippen LogP contribution in [0.1, 0.15) is 168 Å². The van der Waals surface area contributed by atoms with E-state index in [0.29, 0.717) is 19.3 Å². The Hall–Kier alpha value is -3.20. The number of carboxylic acid groups (broad SMARTS) is 1. The molecule has 0 radical (unpaired) electrons. The van der Waals surface area contributed by atoms with Gasteiger partial charge in [-0.15, -0.1) is 0 Å². The third-order valence-electron chi connectivity index (χ3n) is 8.57. The number of nitrogens with one attached hydrogen (secondary N) is 2. The zero-order valence-electron chi connectivity index (χ0n) is 32.1. The van der Waals surface area contributed by atoms with Crippen LogP contribution in [0.2, 0.25) is 0 Å². The van der Waals surface area contributed by atoms with E-state index in [9.17, 15) is 19.2 Å². The quantitative estimate of drug-likeness (QED) is 0.0291. The molecule has 0 aromatic carbocycles. The molecule has 0 saturated heterocycles. The van der Waals surface area contributed by atoms with Crippen LogP contribution in [-0.2, 0) is 23.9 Å². The Labute approximate surface area is 309 Å². The molecule has 9 nitrogen and oxygen atoms in total. The fourth-order valence-electron chi connectivity index (χ4n) is 5.51. The normalized spacial score (nSPS) is 13.0. The maximum Gasteiger partial charge on any atom is 0.328 e. The number of hydrogen-bond acceptors (Lipinski definition) is 6. The zero-order chi connectivity index (χ0) is 37.6. The first-order valence-corrected chi connectivity index (χ1v) is 20.0. The zero-order valence-corrected chi connectivity index (χ0v) is 32.1. The monoisotopic (exact) mass is 717 g/mol. The van der Waals surface area contributed by atoms with Crippen molar-refractivity contribution in [2.24, 2.45) is 0 Å². The predicted molar refractivity (Wildman–Crippen MR) is 208 cm³/mol. The summed E-state index contributed by atoms with van der Waals surface area (Å²) in [7, 11) is 0. The van der Waals surface area contributed by atoms with Crippen LogP contribution in [0.5, 0.6) is 0 Å². The summed E-state index contributed by atoms with van der Waals surface area (Å²) < 4.78 is 5.86. The molecule has 2 amide bonds. The summed E-state index contributed by atoms with van der Waals surface area (Å²) in [6.07, 6.45) is 41.5. The molecule has 0 aromatic heterocycles. The van der Waals surface area contributed by atoms with Crippen molar-refractivity contribution in [2.75, 3.05) is 13.2 Å². The molecule has 0 aliphatic carbocycles. The number of aliphatic carboxylic acids is 1. The van der Waals surface area contributed by atoms with Crippen molar-refractivity contribution < 1.29 is 34.1 Å². The van der Waals surface area contributed by atoms with E-state index in [4.69, 9.17) is 14.9 Å². The highest BCUT2D eigenvalue weighted by Crippen LogP contribution is 2.15. The summed E-state index contributed by atoms with van der Waals surface area (Å²) >= 11 is 0. The Kier molecular flexibility index (Phi) is 34.3. The molecule has 2 unspecified atom stereocenters. The Balaban J connectivity index is 4.47. The topological polar surface area (TPSA) is 142 Å². The van der Waals surface area contributed by atoms with E-state index < -0.39 is 24.5 Å². The number of carboxylic acids is 1. The highest BCUT2D eigenvalue weighted by Gasteiger charge is 2.18. The summed E-state index contributed by atoms with van der Waals surface area (Å²) in [6.45, 7) is 3.30. The van der Waals surface area contributed by atoms with Crippen LogP contribution < -0.4 is 10.6 Å². The van der Waals surface area contributed by atoms with Crippen molar-refractivity contribution >= 4 is 23.8 Å². The molecule has 0 aliphatic rings. The maximum atomic E-state index is 12.7. The number of ether oxygens (including phenoxy) is 1. The molecule has 51 heavy (non-hydrogen) atoms. The minimum Gasteiger partial charge on any atom is -0.480 e. The summed E-state index contributed by atoms with van der Waals surface area (Å²) in [5.74, 6) is -2.50. The van der Waals surface area contributed by atoms with Gasteiger partial charge in [-0.25, -0.2) is 4.79 Å². The van der Waals surface area contributed by atoms with Crippen molar-refractivity contribution in [1.82, 2.24) is 10.6 Å². The van der Waals surface area contributed by atoms with E-state index in [-0.39, 0.29) is 30.9 Å². The Morgan fingerprint density at radius 2 is 1.10 bits per heavy atom. The molecule has 0 aromatic rings. The van der Waals surface area contributed by atoms with Gasteiger partial charge >= 0.3 is 11.9 Å². The second-order valence-corrected chi connectivity index (χ2v) is 13.3. The lowest BCUT2D eigenvalue weighted by atomic mass is 10.0. The Morgan fingerprint density at radius 1 is 0.608 bits per heavy atom. The molecular formula is C42H72N2O7. The summed E-state index contributed by atoms with van der Waals surface area (Å²) in [4.78, 5) is 47.5. The van der Waals surface area contributed by atoms with Gasteiger partial charge in [-0.2, -0.15) is 0 Å². The first kappa shape index (κ1) is 47.8. The number of carbonyl (C=O) groups excluding carboxylic acids is 3. The van der Waals surface area contributed by atoms with Crippen molar-refractivity contribution in [3.8, 4) is 0 Å². The number of unbranched alkanes of at least 4 members (excludes halogenated alkanes) is 15. The average molecular weight is 717 g/mol. The molecule has 9 heteroatoms. The molecule has 0 bridgehead atoms. The van der Waals surface area contributed by atoms with Gasteiger partial charge < -0.3 is 25.6 Å². The van der Waals surface area contributed by atoms with Gasteiger partial charge in [0.05, 0.1) is 13.2 Å². The Bertz CT molecular complexity index is 1010. The third-order valence-corrected chi connectivity index (χ3v) is 8.57. The molecule has 0 spiro atoms. The lowest BCUT2D eigenvalue weighted by molar-refractivity contribution is -0.147. The number of aliphatic hydroxyl groups is 1. The van der Waals surface area contributed by atoms with Gasteiger partial charge in [-0.1, -0.05) is 146 Å². The third kappa shape index (κ3) is 33.7. The highest BCUT2D eigenvalue weighted by atomic mass is 16.5. The van der Waals surface area contributed by atoms with Crippen LogP contribution in [0.25, 0.3) is 0 Å². The Morgan fingerprint density at radius 3 is 1.63 bits per heavy atom. The molecule has 0 aliphatic heterocycles. The van der Waals surface area contributed by atoms with Gasteiger partial charge in [0, 0.05) is 12.8 Å². The molecule has 2 atom stereocenters.